The highest BCUT2D eigenvalue weighted by Crippen LogP contribution is 2.60. The van der Waals surface area contributed by atoms with Crippen molar-refractivity contribution in [1.29, 1.82) is 0 Å². The zero-order valence-electron chi connectivity index (χ0n) is 12.3. The van der Waals surface area contributed by atoms with Gasteiger partial charge in [0.2, 0.25) is 0 Å². The lowest BCUT2D eigenvalue weighted by Crippen LogP contribution is -2.50. The molecule has 0 atom stereocenters. The largest absolute Gasteiger partial charge is 0.478 e. The minimum Gasteiger partial charge on any atom is -0.478 e. The molecule has 0 aromatic carbocycles. The summed E-state index contributed by atoms with van der Waals surface area (Å²) in [4.78, 5) is 21.4. The van der Waals surface area contributed by atoms with Gasteiger partial charge < -0.3 is 9.84 Å². The van der Waals surface area contributed by atoms with Crippen LogP contribution >= 0.6 is 0 Å². The monoisotopic (exact) mass is 280 g/mol. The summed E-state index contributed by atoms with van der Waals surface area (Å²) in [6.45, 7) is 1.66. The van der Waals surface area contributed by atoms with Gasteiger partial charge in [-0.3, -0.25) is 4.79 Å². The Bertz CT molecular complexity index is 375. The first-order valence-electron chi connectivity index (χ1n) is 7.43. The molecule has 0 spiro atoms. The molecule has 4 nitrogen and oxygen atoms in total. The number of carbonyl (C=O) groups is 2. The van der Waals surface area contributed by atoms with Crippen molar-refractivity contribution in [3.63, 3.8) is 0 Å². The van der Waals surface area contributed by atoms with Crippen molar-refractivity contribution >= 4 is 11.9 Å². The third kappa shape index (κ3) is 3.05. The summed E-state index contributed by atoms with van der Waals surface area (Å²) in [5.41, 5.74) is -0.0521. The molecule has 0 amide bonds. The smallest absolute Gasteiger partial charge is 0.327 e. The van der Waals surface area contributed by atoms with Gasteiger partial charge in [0.25, 0.3) is 0 Å². The minimum atomic E-state index is -0.891. The van der Waals surface area contributed by atoms with Crippen LogP contribution in [0.15, 0.2) is 12.2 Å². The van der Waals surface area contributed by atoms with Crippen molar-refractivity contribution < 1.29 is 19.4 Å². The van der Waals surface area contributed by atoms with E-state index < -0.39 is 5.97 Å². The quantitative estimate of drug-likeness (QED) is 0.624. The summed E-state index contributed by atoms with van der Waals surface area (Å²) in [6.07, 6.45) is 10.1. The molecule has 0 saturated heterocycles. The second kappa shape index (κ2) is 5.98. The van der Waals surface area contributed by atoms with Gasteiger partial charge in [-0.25, -0.2) is 4.79 Å². The van der Waals surface area contributed by atoms with Gasteiger partial charge in [-0.1, -0.05) is 6.08 Å². The summed E-state index contributed by atoms with van der Waals surface area (Å²) >= 11 is 0. The van der Waals surface area contributed by atoms with E-state index in [0.717, 1.165) is 43.1 Å². The molecule has 0 aromatic heterocycles. The Balaban J connectivity index is 0.000000212. The zero-order chi connectivity index (χ0) is 14.8. The molecule has 4 aliphatic rings. The van der Waals surface area contributed by atoms with Crippen LogP contribution in [0.3, 0.4) is 0 Å². The highest BCUT2D eigenvalue weighted by atomic mass is 16.5. The van der Waals surface area contributed by atoms with Gasteiger partial charge >= 0.3 is 11.9 Å². The fraction of sp³-hybridized carbons (Fsp3) is 0.750. The van der Waals surface area contributed by atoms with Crippen molar-refractivity contribution in [2.24, 2.45) is 23.2 Å². The Morgan fingerprint density at radius 1 is 1.10 bits per heavy atom. The Morgan fingerprint density at radius 2 is 1.55 bits per heavy atom. The van der Waals surface area contributed by atoms with E-state index in [2.05, 4.69) is 0 Å². The molecule has 1 N–H and O–H groups in total. The van der Waals surface area contributed by atoms with Crippen LogP contribution < -0.4 is 0 Å². The molecule has 4 heteroatoms. The second-order valence-corrected chi connectivity index (χ2v) is 6.53. The third-order valence-electron chi connectivity index (χ3n) is 4.97. The molecule has 4 fully saturated rings. The Kier molecular flexibility index (Phi) is 4.51. The number of ether oxygens (including phenoxy) is 1. The maximum absolute atomic E-state index is 11.8. The predicted octanol–water partition coefficient (Wildman–Crippen LogP) is 3.02. The van der Waals surface area contributed by atoms with E-state index in [9.17, 15) is 9.59 Å². The van der Waals surface area contributed by atoms with Crippen molar-refractivity contribution in [2.45, 2.75) is 45.4 Å². The standard InChI is InChI=1S/C12H18O2.C4H6O2/c1-14-11(13)12-5-8-2-9(6-12)4-10(3-8)7-12;1-2-3-4(5)6/h8-10H,2-7H2,1H3;2-3H,1H3,(H,5,6). The number of hydrogen-bond donors (Lipinski definition) is 1. The average Bonchev–Trinajstić information content (AvgIpc) is 2.36. The van der Waals surface area contributed by atoms with Crippen LogP contribution in [0, 0.1) is 23.2 Å². The number of allylic oxidation sites excluding steroid dienone is 1. The van der Waals surface area contributed by atoms with E-state index >= 15 is 0 Å². The molecule has 112 valence electrons. The van der Waals surface area contributed by atoms with Crippen LogP contribution in [0.4, 0.5) is 0 Å². The van der Waals surface area contributed by atoms with Crippen LogP contribution in [0.1, 0.15) is 45.4 Å². The average molecular weight is 280 g/mol. The lowest BCUT2D eigenvalue weighted by Gasteiger charge is -2.55. The molecule has 4 rings (SSSR count). The highest BCUT2D eigenvalue weighted by Gasteiger charge is 2.55. The molecular weight excluding hydrogens is 256 g/mol. The zero-order valence-corrected chi connectivity index (χ0v) is 12.3. The first kappa shape index (κ1) is 15.1. The molecule has 0 aliphatic heterocycles. The van der Waals surface area contributed by atoms with Crippen LogP contribution in [0.25, 0.3) is 0 Å². The van der Waals surface area contributed by atoms with Crippen molar-refractivity contribution in [3.05, 3.63) is 12.2 Å². The van der Waals surface area contributed by atoms with Gasteiger partial charge in [-0.15, -0.1) is 0 Å². The van der Waals surface area contributed by atoms with E-state index in [-0.39, 0.29) is 11.4 Å². The summed E-state index contributed by atoms with van der Waals surface area (Å²) in [7, 11) is 1.54. The molecule has 4 aliphatic carbocycles. The Morgan fingerprint density at radius 3 is 1.80 bits per heavy atom. The Hall–Kier alpha value is -1.32. The second-order valence-electron chi connectivity index (χ2n) is 6.53. The van der Waals surface area contributed by atoms with E-state index in [1.165, 1.54) is 25.3 Å². The maximum atomic E-state index is 11.8. The van der Waals surface area contributed by atoms with Crippen molar-refractivity contribution in [1.82, 2.24) is 0 Å². The van der Waals surface area contributed by atoms with E-state index in [4.69, 9.17) is 9.84 Å². The predicted molar refractivity (Wildman–Crippen MR) is 75.1 cm³/mol. The first-order valence-corrected chi connectivity index (χ1v) is 7.43. The normalized spacial score (nSPS) is 37.4. The molecule has 0 radical (unpaired) electrons. The van der Waals surface area contributed by atoms with Crippen molar-refractivity contribution in [3.8, 4) is 0 Å². The molecule has 0 heterocycles. The van der Waals surface area contributed by atoms with E-state index in [1.54, 1.807) is 14.0 Å². The molecular formula is C16H24O4. The number of methoxy groups -OCH3 is 1. The topological polar surface area (TPSA) is 63.6 Å². The third-order valence-corrected chi connectivity index (χ3v) is 4.97. The number of esters is 1. The minimum absolute atomic E-state index is 0.0521. The summed E-state index contributed by atoms with van der Waals surface area (Å²) in [5.74, 6) is 1.69. The molecule has 20 heavy (non-hydrogen) atoms. The van der Waals surface area contributed by atoms with E-state index in [0.29, 0.717) is 0 Å². The van der Waals surface area contributed by atoms with Crippen LogP contribution in [0.5, 0.6) is 0 Å². The van der Waals surface area contributed by atoms with E-state index in [1.807, 2.05) is 0 Å². The summed E-state index contributed by atoms with van der Waals surface area (Å²) < 4.78 is 5.00. The van der Waals surface area contributed by atoms with Gasteiger partial charge in [0.05, 0.1) is 12.5 Å². The van der Waals surface area contributed by atoms with Crippen LogP contribution in [-0.4, -0.2) is 24.2 Å². The van der Waals surface area contributed by atoms with Gasteiger partial charge in [-0.05, 0) is 63.2 Å². The fourth-order valence-electron chi connectivity index (χ4n) is 4.72. The van der Waals surface area contributed by atoms with Gasteiger partial charge in [-0.2, -0.15) is 0 Å². The lowest BCUT2D eigenvalue weighted by atomic mass is 9.49. The number of rotatable bonds is 2. The fourth-order valence-corrected chi connectivity index (χ4v) is 4.72. The molecule has 4 saturated carbocycles. The van der Waals surface area contributed by atoms with Crippen LogP contribution in [0.2, 0.25) is 0 Å². The number of carbonyl (C=O) groups excluding carboxylic acids is 1. The Labute approximate surface area is 120 Å². The maximum Gasteiger partial charge on any atom is 0.327 e. The number of carboxylic acid groups (broad SMARTS) is 1. The van der Waals surface area contributed by atoms with Gasteiger partial charge in [0, 0.05) is 6.08 Å². The lowest BCUT2D eigenvalue weighted by molar-refractivity contribution is -0.168. The summed E-state index contributed by atoms with van der Waals surface area (Å²) in [5, 5.41) is 7.83. The molecule has 0 unspecified atom stereocenters. The first-order chi connectivity index (χ1) is 9.49. The SMILES string of the molecule is CC=CC(=O)O.COC(=O)C12CC3CC(CC(C3)C1)C2. The summed E-state index contributed by atoms with van der Waals surface area (Å²) in [6, 6.07) is 0. The highest BCUT2D eigenvalue weighted by molar-refractivity contribution is 5.79. The molecule has 0 aromatic rings. The number of aliphatic carboxylic acids is 1. The molecule has 4 bridgehead atoms. The van der Waals surface area contributed by atoms with Crippen LogP contribution in [-0.2, 0) is 14.3 Å². The number of carboxylic acids is 1. The number of hydrogen-bond acceptors (Lipinski definition) is 3. The van der Waals surface area contributed by atoms with Crippen molar-refractivity contribution in [2.75, 3.05) is 7.11 Å². The van der Waals surface area contributed by atoms with Gasteiger partial charge in [0.1, 0.15) is 0 Å². The van der Waals surface area contributed by atoms with Gasteiger partial charge in [0.15, 0.2) is 0 Å².